The molecule has 0 saturated carbocycles. The average molecular weight is 367 g/mol. The third-order valence-electron chi connectivity index (χ3n) is 5.28. The van der Waals surface area contributed by atoms with Crippen molar-refractivity contribution in [3.63, 3.8) is 0 Å². The maximum Gasteiger partial charge on any atom is 0.321 e. The first-order valence-electron chi connectivity index (χ1n) is 9.87. The molecule has 1 aromatic carbocycles. The normalized spacial score (nSPS) is 17.5. The van der Waals surface area contributed by atoms with Gasteiger partial charge in [-0.05, 0) is 56.1 Å². The van der Waals surface area contributed by atoms with Crippen molar-refractivity contribution in [1.29, 1.82) is 0 Å². The van der Waals surface area contributed by atoms with Crippen LogP contribution in [-0.4, -0.2) is 47.0 Å². The molecule has 2 aromatic rings. The van der Waals surface area contributed by atoms with E-state index in [0.717, 1.165) is 30.9 Å². The predicted octanol–water partition coefficient (Wildman–Crippen LogP) is 4.16. The molecule has 3 rings (SSSR count). The number of nitrogens with zero attached hydrogens (tertiary/aromatic N) is 3. The van der Waals surface area contributed by atoms with Crippen molar-refractivity contribution in [3.05, 3.63) is 59.9 Å². The first kappa shape index (κ1) is 19.4. The Balaban J connectivity index is 1.52. The van der Waals surface area contributed by atoms with Gasteiger partial charge in [0.1, 0.15) is 0 Å². The van der Waals surface area contributed by atoms with Crippen LogP contribution in [-0.2, 0) is 13.0 Å². The van der Waals surface area contributed by atoms with Crippen LogP contribution in [0.5, 0.6) is 0 Å². The van der Waals surface area contributed by atoms with Gasteiger partial charge in [0.2, 0.25) is 0 Å². The van der Waals surface area contributed by atoms with E-state index < -0.39 is 0 Å². The molecule has 2 heterocycles. The summed E-state index contributed by atoms with van der Waals surface area (Å²) in [7, 11) is 1.82. The van der Waals surface area contributed by atoms with Crippen LogP contribution >= 0.6 is 0 Å². The van der Waals surface area contributed by atoms with Crippen LogP contribution in [0.15, 0.2) is 48.7 Å². The van der Waals surface area contributed by atoms with Crippen molar-refractivity contribution < 1.29 is 4.79 Å². The molecule has 1 N–H and O–H groups in total. The summed E-state index contributed by atoms with van der Waals surface area (Å²) in [4.78, 5) is 21.0. The summed E-state index contributed by atoms with van der Waals surface area (Å²) in [6.07, 6.45) is 6.42. The number of likely N-dealkylation sites (N-methyl/N-ethyl adjacent to an activating group) is 1. The lowest BCUT2D eigenvalue weighted by Gasteiger charge is -2.33. The molecule has 0 spiro atoms. The summed E-state index contributed by atoms with van der Waals surface area (Å²) in [5.41, 5.74) is 3.10. The van der Waals surface area contributed by atoms with Gasteiger partial charge in [0.05, 0.1) is 0 Å². The smallest absolute Gasteiger partial charge is 0.321 e. The Labute approximate surface area is 162 Å². The fourth-order valence-corrected chi connectivity index (χ4v) is 3.52. The lowest BCUT2D eigenvalue weighted by molar-refractivity contribution is 0.152. The molecule has 0 aliphatic carbocycles. The van der Waals surface area contributed by atoms with E-state index in [1.165, 1.54) is 24.8 Å². The van der Waals surface area contributed by atoms with Gasteiger partial charge in [-0.25, -0.2) is 4.79 Å². The van der Waals surface area contributed by atoms with E-state index in [4.69, 9.17) is 0 Å². The number of urea groups is 1. The summed E-state index contributed by atoms with van der Waals surface area (Å²) in [5.74, 6) is 0. The molecule has 1 saturated heterocycles. The Morgan fingerprint density at radius 1 is 1.26 bits per heavy atom. The molecule has 5 heteroatoms. The van der Waals surface area contributed by atoms with Gasteiger partial charge in [-0.2, -0.15) is 0 Å². The summed E-state index contributed by atoms with van der Waals surface area (Å²) in [6.45, 7) is 5.05. The van der Waals surface area contributed by atoms with E-state index in [2.05, 4.69) is 34.3 Å². The zero-order valence-corrected chi connectivity index (χ0v) is 16.4. The van der Waals surface area contributed by atoms with Crippen LogP contribution in [0.4, 0.5) is 10.5 Å². The molecule has 5 nitrogen and oxygen atoms in total. The van der Waals surface area contributed by atoms with Gasteiger partial charge in [0, 0.05) is 50.2 Å². The quantitative estimate of drug-likeness (QED) is 0.835. The number of carbonyl (C=O) groups is 1. The molecule has 0 bridgehead atoms. The van der Waals surface area contributed by atoms with Gasteiger partial charge in [0.15, 0.2) is 0 Å². The standard InChI is InChI=1S/C22H30N4O/c1-18-8-4-6-14-26(18)17-19-9-7-11-21(16-19)24-22(27)25(2)15-12-20-10-3-5-13-23-20/h3,5,7,9-11,13,16,18H,4,6,8,12,14-15,17H2,1-2H3,(H,24,27)/t18-/m0/s1. The molecule has 1 aliphatic rings. The monoisotopic (exact) mass is 366 g/mol. The minimum Gasteiger partial charge on any atom is -0.327 e. The Hall–Kier alpha value is -2.40. The maximum atomic E-state index is 12.5. The molecule has 1 aromatic heterocycles. The lowest BCUT2D eigenvalue weighted by Crippen LogP contribution is -2.36. The minimum absolute atomic E-state index is 0.0885. The minimum atomic E-state index is -0.0885. The van der Waals surface area contributed by atoms with Crippen molar-refractivity contribution in [2.75, 3.05) is 25.5 Å². The number of piperidine rings is 1. The molecule has 0 unspecified atom stereocenters. The van der Waals surface area contributed by atoms with Gasteiger partial charge >= 0.3 is 6.03 Å². The number of nitrogens with one attached hydrogen (secondary N) is 1. The summed E-state index contributed by atoms with van der Waals surface area (Å²) < 4.78 is 0. The van der Waals surface area contributed by atoms with Crippen LogP contribution in [0.1, 0.15) is 37.4 Å². The summed E-state index contributed by atoms with van der Waals surface area (Å²) in [5, 5.41) is 3.01. The molecule has 2 amide bonds. The van der Waals surface area contributed by atoms with E-state index in [9.17, 15) is 4.79 Å². The fourth-order valence-electron chi connectivity index (χ4n) is 3.52. The van der Waals surface area contributed by atoms with Crippen molar-refractivity contribution in [2.45, 2.75) is 45.2 Å². The zero-order chi connectivity index (χ0) is 19.1. The van der Waals surface area contributed by atoms with Crippen molar-refractivity contribution in [3.8, 4) is 0 Å². The Bertz CT molecular complexity index is 734. The second-order valence-electron chi connectivity index (χ2n) is 7.44. The van der Waals surface area contributed by atoms with E-state index in [-0.39, 0.29) is 6.03 Å². The second kappa shape index (κ2) is 9.51. The number of pyridine rings is 1. The molecule has 1 fully saturated rings. The maximum absolute atomic E-state index is 12.5. The van der Waals surface area contributed by atoms with E-state index in [1.54, 1.807) is 11.1 Å². The zero-order valence-electron chi connectivity index (χ0n) is 16.4. The molecule has 144 valence electrons. The molecular formula is C22H30N4O. The molecule has 0 radical (unpaired) electrons. The Kier molecular flexibility index (Phi) is 6.82. The van der Waals surface area contributed by atoms with Crippen molar-refractivity contribution >= 4 is 11.7 Å². The number of hydrogen-bond acceptors (Lipinski definition) is 3. The highest BCUT2D eigenvalue weighted by molar-refractivity contribution is 5.89. The number of carbonyl (C=O) groups excluding carboxylic acids is 1. The Morgan fingerprint density at radius 3 is 2.93 bits per heavy atom. The van der Waals surface area contributed by atoms with Crippen LogP contribution in [0, 0.1) is 0 Å². The lowest BCUT2D eigenvalue weighted by atomic mass is 10.0. The fraction of sp³-hybridized carbons (Fsp3) is 0.455. The van der Waals surface area contributed by atoms with Crippen LogP contribution in [0.25, 0.3) is 0 Å². The van der Waals surface area contributed by atoms with E-state index in [0.29, 0.717) is 12.6 Å². The highest BCUT2D eigenvalue weighted by Crippen LogP contribution is 2.20. The van der Waals surface area contributed by atoms with Crippen molar-refractivity contribution in [2.24, 2.45) is 0 Å². The van der Waals surface area contributed by atoms with Gasteiger partial charge in [0.25, 0.3) is 0 Å². The van der Waals surface area contributed by atoms with Gasteiger partial charge in [-0.15, -0.1) is 0 Å². The number of hydrogen-bond donors (Lipinski definition) is 1. The first-order valence-corrected chi connectivity index (χ1v) is 9.87. The Morgan fingerprint density at radius 2 is 2.15 bits per heavy atom. The molecule has 1 atom stereocenters. The highest BCUT2D eigenvalue weighted by atomic mass is 16.2. The van der Waals surface area contributed by atoms with Crippen LogP contribution < -0.4 is 5.32 Å². The number of likely N-dealkylation sites (tertiary alicyclic amines) is 1. The third kappa shape index (κ3) is 5.79. The van der Waals surface area contributed by atoms with E-state index >= 15 is 0 Å². The number of benzene rings is 1. The third-order valence-corrected chi connectivity index (χ3v) is 5.28. The second-order valence-corrected chi connectivity index (χ2v) is 7.44. The van der Waals surface area contributed by atoms with Crippen LogP contribution in [0.3, 0.4) is 0 Å². The molecular weight excluding hydrogens is 336 g/mol. The number of anilines is 1. The molecule has 1 aliphatic heterocycles. The van der Waals surface area contributed by atoms with Gasteiger partial charge in [-0.3, -0.25) is 9.88 Å². The van der Waals surface area contributed by atoms with E-state index in [1.807, 2.05) is 37.4 Å². The highest BCUT2D eigenvalue weighted by Gasteiger charge is 2.18. The van der Waals surface area contributed by atoms with Crippen LogP contribution in [0.2, 0.25) is 0 Å². The number of rotatable bonds is 6. The summed E-state index contributed by atoms with van der Waals surface area (Å²) in [6, 6.07) is 14.6. The topological polar surface area (TPSA) is 48.5 Å². The average Bonchev–Trinajstić information content (AvgIpc) is 2.69. The van der Waals surface area contributed by atoms with Gasteiger partial charge < -0.3 is 10.2 Å². The number of aromatic nitrogens is 1. The first-order chi connectivity index (χ1) is 13.1. The predicted molar refractivity (Wildman–Crippen MR) is 110 cm³/mol. The SMILES string of the molecule is C[C@H]1CCCCN1Cc1cccc(NC(=O)N(C)CCc2ccccn2)c1. The number of amides is 2. The van der Waals surface area contributed by atoms with Crippen molar-refractivity contribution in [1.82, 2.24) is 14.8 Å². The summed E-state index contributed by atoms with van der Waals surface area (Å²) >= 11 is 0. The largest absolute Gasteiger partial charge is 0.327 e. The molecule has 27 heavy (non-hydrogen) atoms. The van der Waals surface area contributed by atoms with Gasteiger partial charge in [-0.1, -0.05) is 24.6 Å².